The second kappa shape index (κ2) is 13.6. The molecule has 0 aliphatic heterocycles. The van der Waals surface area contributed by atoms with Gasteiger partial charge in [-0.2, -0.15) is 8.75 Å². The second-order valence-corrected chi connectivity index (χ2v) is 11.4. The van der Waals surface area contributed by atoms with E-state index in [2.05, 4.69) is 29.5 Å². The zero-order chi connectivity index (χ0) is 29.0. The molecule has 0 N–H and O–H groups in total. The number of Topliss-reactive ketones (excluding diaryl/α,β-unsaturated/α-hetero) is 1. The van der Waals surface area contributed by atoms with Gasteiger partial charge in [0.25, 0.3) is 0 Å². The van der Waals surface area contributed by atoms with Crippen LogP contribution in [0.1, 0.15) is 53.4 Å². The maximum absolute atomic E-state index is 14.0. The van der Waals surface area contributed by atoms with E-state index in [1.807, 2.05) is 54.6 Å². The summed E-state index contributed by atoms with van der Waals surface area (Å²) in [7, 11) is 0. The van der Waals surface area contributed by atoms with E-state index in [9.17, 15) is 14.7 Å². The molecule has 0 aliphatic carbocycles. The molecule has 5 rings (SSSR count). The Morgan fingerprint density at radius 2 is 1.43 bits per heavy atom. The van der Waals surface area contributed by atoms with Crippen molar-refractivity contribution in [2.75, 3.05) is 0 Å². The number of carboxylic acids is 1. The molecule has 6 nitrogen and oxygen atoms in total. The summed E-state index contributed by atoms with van der Waals surface area (Å²) in [5, 5.41) is 12.6. The molecule has 1 aromatic heterocycles. The van der Waals surface area contributed by atoms with Crippen LogP contribution in [0.15, 0.2) is 103 Å². The van der Waals surface area contributed by atoms with Gasteiger partial charge in [0.15, 0.2) is 5.78 Å². The summed E-state index contributed by atoms with van der Waals surface area (Å²) >= 11 is 1.04. The van der Waals surface area contributed by atoms with Gasteiger partial charge in [-0.15, -0.1) is 0 Å². The number of carbonyl (C=O) groups is 2. The van der Waals surface area contributed by atoms with Crippen LogP contribution in [0.5, 0.6) is 5.75 Å². The van der Waals surface area contributed by atoms with Gasteiger partial charge in [0, 0.05) is 23.1 Å². The van der Waals surface area contributed by atoms with Crippen LogP contribution in [0.4, 0.5) is 0 Å². The van der Waals surface area contributed by atoms with Crippen LogP contribution in [0, 0.1) is 0 Å². The quantitative estimate of drug-likeness (QED) is 0.150. The second-order valence-electron chi connectivity index (χ2n) is 10.9. The Kier molecular flexibility index (Phi) is 10.1. The van der Waals surface area contributed by atoms with Crippen molar-refractivity contribution in [2.24, 2.45) is 0 Å². The fourth-order valence-corrected chi connectivity index (χ4v) is 5.10. The molecule has 206 valence electrons. The van der Waals surface area contributed by atoms with Crippen molar-refractivity contribution in [1.29, 1.82) is 0 Å². The van der Waals surface area contributed by atoms with Gasteiger partial charge in [0.05, 0.1) is 17.7 Å². The SMILES string of the molecule is CC(C)(C)c1ccc(C/C(C(=O)c2ccc(OCc3ccccc3)cc2)=C(\C(=O)[O-])c2ccc3nsnc3c2)cc1.[Na+]. The van der Waals surface area contributed by atoms with E-state index in [4.69, 9.17) is 4.74 Å². The summed E-state index contributed by atoms with van der Waals surface area (Å²) in [6.45, 7) is 6.78. The number of rotatable bonds is 9. The minimum Gasteiger partial charge on any atom is -0.545 e. The van der Waals surface area contributed by atoms with E-state index in [1.165, 1.54) is 0 Å². The number of aromatic nitrogens is 2. The van der Waals surface area contributed by atoms with E-state index in [0.29, 0.717) is 34.5 Å². The molecule has 5 aromatic rings. The zero-order valence-corrected chi connectivity index (χ0v) is 26.9. The predicted molar refractivity (Wildman–Crippen MR) is 160 cm³/mol. The third-order valence-electron chi connectivity index (χ3n) is 6.89. The van der Waals surface area contributed by atoms with E-state index >= 15 is 0 Å². The number of hydrogen-bond donors (Lipinski definition) is 0. The Labute approximate surface area is 271 Å². The van der Waals surface area contributed by atoms with Crippen molar-refractivity contribution in [1.82, 2.24) is 8.75 Å². The van der Waals surface area contributed by atoms with Crippen molar-refractivity contribution in [2.45, 2.75) is 39.2 Å². The molecule has 0 saturated heterocycles. The summed E-state index contributed by atoms with van der Waals surface area (Å²) in [6, 6.07) is 29.4. The number of aliphatic carboxylic acids is 1. The number of benzene rings is 4. The maximum Gasteiger partial charge on any atom is 1.00 e. The predicted octanol–water partition coefficient (Wildman–Crippen LogP) is 3.20. The molecule has 8 heteroatoms. The summed E-state index contributed by atoms with van der Waals surface area (Å²) in [5.74, 6) is -1.21. The van der Waals surface area contributed by atoms with Gasteiger partial charge in [-0.1, -0.05) is 81.4 Å². The third-order valence-corrected chi connectivity index (χ3v) is 7.44. The van der Waals surface area contributed by atoms with Gasteiger partial charge in [-0.25, -0.2) is 0 Å². The van der Waals surface area contributed by atoms with Gasteiger partial charge in [-0.05, 0) is 64.1 Å². The molecule has 0 aliphatic rings. The number of nitrogens with zero attached hydrogens (tertiary/aromatic N) is 2. The van der Waals surface area contributed by atoms with Crippen LogP contribution in [-0.2, 0) is 23.2 Å². The van der Waals surface area contributed by atoms with Crippen molar-refractivity contribution in [3.63, 3.8) is 0 Å². The van der Waals surface area contributed by atoms with E-state index in [1.54, 1.807) is 42.5 Å². The Balaban J connectivity index is 0.00000405. The Morgan fingerprint density at radius 1 is 0.786 bits per heavy atom. The molecule has 0 saturated carbocycles. The van der Waals surface area contributed by atoms with Crippen molar-refractivity contribution in [3.05, 3.63) is 130 Å². The van der Waals surface area contributed by atoms with Crippen molar-refractivity contribution in [3.8, 4) is 5.75 Å². The Morgan fingerprint density at radius 3 is 2.07 bits per heavy atom. The first-order valence-electron chi connectivity index (χ1n) is 13.3. The normalized spacial score (nSPS) is 11.9. The van der Waals surface area contributed by atoms with Crippen molar-refractivity contribution >= 4 is 40.1 Å². The summed E-state index contributed by atoms with van der Waals surface area (Å²) in [5.41, 5.74) is 4.86. The minimum absolute atomic E-state index is 0. The number of carbonyl (C=O) groups excluding carboxylic acids is 2. The molecule has 1 heterocycles. The average molecular weight is 585 g/mol. The molecular formula is C34H29N2NaO4S. The molecule has 0 spiro atoms. The fourth-order valence-electron chi connectivity index (χ4n) is 4.58. The van der Waals surface area contributed by atoms with E-state index < -0.39 is 11.8 Å². The molecule has 0 amide bonds. The first-order valence-corrected chi connectivity index (χ1v) is 14.0. The van der Waals surface area contributed by atoms with E-state index in [0.717, 1.165) is 28.4 Å². The van der Waals surface area contributed by atoms with E-state index in [-0.39, 0.29) is 52.5 Å². The number of carboxylic acid groups (broad SMARTS) is 1. The van der Waals surface area contributed by atoms with Gasteiger partial charge in [0.2, 0.25) is 0 Å². The van der Waals surface area contributed by atoms with Crippen molar-refractivity contribution < 1.29 is 49.0 Å². The van der Waals surface area contributed by atoms with Crippen LogP contribution in [-0.4, -0.2) is 20.5 Å². The first-order chi connectivity index (χ1) is 19.7. The van der Waals surface area contributed by atoms with Crippen LogP contribution < -0.4 is 39.4 Å². The molecule has 0 fully saturated rings. The Hall–Kier alpha value is -3.62. The molecule has 4 aromatic carbocycles. The van der Waals surface area contributed by atoms with Gasteiger partial charge in [0.1, 0.15) is 23.4 Å². The molecular weight excluding hydrogens is 555 g/mol. The average Bonchev–Trinajstić information content (AvgIpc) is 3.44. The number of ketones is 1. The summed E-state index contributed by atoms with van der Waals surface area (Å²) in [6.07, 6.45) is 0.117. The van der Waals surface area contributed by atoms with Crippen LogP contribution in [0.25, 0.3) is 16.6 Å². The van der Waals surface area contributed by atoms with Gasteiger partial charge < -0.3 is 14.6 Å². The monoisotopic (exact) mass is 584 g/mol. The summed E-state index contributed by atoms with van der Waals surface area (Å²) < 4.78 is 14.3. The molecule has 0 bridgehead atoms. The topological polar surface area (TPSA) is 92.2 Å². The molecule has 0 unspecified atom stereocenters. The van der Waals surface area contributed by atoms with Gasteiger partial charge in [-0.3, -0.25) is 4.79 Å². The minimum atomic E-state index is -1.43. The van der Waals surface area contributed by atoms with Gasteiger partial charge >= 0.3 is 29.6 Å². The third kappa shape index (κ3) is 7.41. The number of allylic oxidation sites excluding steroid dienone is 1. The molecule has 0 atom stereocenters. The summed E-state index contributed by atoms with van der Waals surface area (Å²) in [4.78, 5) is 26.6. The number of ether oxygens (including phenoxy) is 1. The van der Waals surface area contributed by atoms with Crippen LogP contribution in [0.3, 0.4) is 0 Å². The largest absolute Gasteiger partial charge is 1.00 e. The molecule has 0 radical (unpaired) electrons. The maximum atomic E-state index is 14.0. The Bertz CT molecular complexity index is 1720. The fraction of sp³-hybridized carbons (Fsp3) is 0.176. The number of fused-ring (bicyclic) bond motifs is 1. The standard InChI is InChI=1S/C34H30N2O4S.Na/c1-34(2,3)26-14-9-22(10-15-26)19-28(31(33(38)39)25-13-18-29-30(20-25)36-41-35-29)32(37)24-11-16-27(17-12-24)40-21-23-7-5-4-6-8-23;/h4-18,20H,19,21H2,1-3H3,(H,38,39);/q;+1/p-1/b31-28+;. The first kappa shape index (κ1) is 31.3. The smallest absolute Gasteiger partial charge is 0.545 e. The number of hydrogen-bond acceptors (Lipinski definition) is 7. The van der Waals surface area contributed by atoms with Crippen LogP contribution >= 0.6 is 11.7 Å². The van der Waals surface area contributed by atoms with Crippen LogP contribution in [0.2, 0.25) is 0 Å². The zero-order valence-electron chi connectivity index (χ0n) is 24.1. The molecule has 42 heavy (non-hydrogen) atoms.